The summed E-state index contributed by atoms with van der Waals surface area (Å²) in [4.78, 5) is 0. The Morgan fingerprint density at radius 2 is 1.30 bits per heavy atom. The Hall–Kier alpha value is -0.820. The summed E-state index contributed by atoms with van der Waals surface area (Å²) < 4.78 is 0. The number of hydrogen-bond donors (Lipinski definition) is 1. The average Bonchev–Trinajstić information content (AvgIpc) is 1.83. The molecule has 0 saturated heterocycles. The third-order valence-corrected chi connectivity index (χ3v) is 1.88. The Balaban J connectivity index is 0.000000810. The molecule has 0 amide bonds. The molecule has 0 heterocycles. The Kier molecular flexibility index (Phi) is 3.10. The van der Waals surface area contributed by atoms with Gasteiger partial charge in [-0.1, -0.05) is 18.2 Å². The van der Waals surface area contributed by atoms with Crippen LogP contribution in [0.2, 0.25) is 0 Å². The van der Waals surface area contributed by atoms with Gasteiger partial charge in [0.2, 0.25) is 0 Å². The smallest absolute Gasteiger partial charge is 0.0392 e. The SMILES string of the molecule is Cc1cccc(C)c1C.N. The van der Waals surface area contributed by atoms with Crippen molar-refractivity contribution in [2.75, 3.05) is 0 Å². The predicted molar refractivity (Wildman–Crippen MR) is 45.7 cm³/mol. The van der Waals surface area contributed by atoms with E-state index in [0.29, 0.717) is 0 Å². The van der Waals surface area contributed by atoms with Crippen molar-refractivity contribution in [3.63, 3.8) is 0 Å². The molecule has 0 aliphatic carbocycles. The molecule has 0 spiro atoms. The van der Waals surface area contributed by atoms with Crippen molar-refractivity contribution in [1.82, 2.24) is 6.15 Å². The Morgan fingerprint density at radius 3 is 1.60 bits per heavy atom. The Labute approximate surface area is 62.7 Å². The molecule has 0 fully saturated rings. The highest BCUT2D eigenvalue weighted by Gasteiger charge is 1.91. The first kappa shape index (κ1) is 9.18. The van der Waals surface area contributed by atoms with Crippen molar-refractivity contribution >= 4 is 0 Å². The van der Waals surface area contributed by atoms with Gasteiger partial charge < -0.3 is 6.15 Å². The second-order valence-corrected chi connectivity index (χ2v) is 2.52. The van der Waals surface area contributed by atoms with Crippen molar-refractivity contribution in [3.8, 4) is 0 Å². The van der Waals surface area contributed by atoms with Crippen molar-refractivity contribution in [3.05, 3.63) is 34.9 Å². The molecule has 0 aliphatic heterocycles. The fourth-order valence-corrected chi connectivity index (χ4v) is 0.898. The fraction of sp³-hybridized carbons (Fsp3) is 0.333. The van der Waals surface area contributed by atoms with E-state index in [1.807, 2.05) is 0 Å². The Bertz CT molecular complexity index is 196. The standard InChI is InChI=1S/C9H12.H3N/c1-7-5-4-6-8(2)9(7)3;/h4-6H,1-3H3;1H3. The second-order valence-electron chi connectivity index (χ2n) is 2.52. The topological polar surface area (TPSA) is 35.0 Å². The van der Waals surface area contributed by atoms with Crippen LogP contribution in [0.3, 0.4) is 0 Å². The molecule has 3 N–H and O–H groups in total. The summed E-state index contributed by atoms with van der Waals surface area (Å²) in [6, 6.07) is 6.38. The molecule has 1 aromatic carbocycles. The summed E-state index contributed by atoms with van der Waals surface area (Å²) >= 11 is 0. The van der Waals surface area contributed by atoms with Crippen LogP contribution in [0.4, 0.5) is 0 Å². The zero-order valence-corrected chi connectivity index (χ0v) is 6.94. The van der Waals surface area contributed by atoms with Gasteiger partial charge >= 0.3 is 0 Å². The molecule has 10 heavy (non-hydrogen) atoms. The second kappa shape index (κ2) is 3.37. The molecule has 0 aromatic heterocycles. The molecule has 56 valence electrons. The van der Waals surface area contributed by atoms with Gasteiger partial charge in [0.1, 0.15) is 0 Å². The van der Waals surface area contributed by atoms with E-state index in [1.165, 1.54) is 16.7 Å². The molecule has 0 aliphatic rings. The first-order valence-corrected chi connectivity index (χ1v) is 3.24. The van der Waals surface area contributed by atoms with Gasteiger partial charge in [-0.15, -0.1) is 0 Å². The zero-order valence-electron chi connectivity index (χ0n) is 6.94. The fourth-order valence-electron chi connectivity index (χ4n) is 0.898. The maximum Gasteiger partial charge on any atom is -0.0392 e. The van der Waals surface area contributed by atoms with Gasteiger partial charge in [0, 0.05) is 0 Å². The van der Waals surface area contributed by atoms with Crippen LogP contribution in [-0.2, 0) is 0 Å². The molecule has 1 nitrogen and oxygen atoms in total. The van der Waals surface area contributed by atoms with E-state index in [4.69, 9.17) is 0 Å². The minimum atomic E-state index is 0. The van der Waals surface area contributed by atoms with Crippen LogP contribution < -0.4 is 6.15 Å². The molecule has 1 heteroatoms. The molecule has 0 atom stereocenters. The van der Waals surface area contributed by atoms with Gasteiger partial charge in [-0.2, -0.15) is 0 Å². The monoisotopic (exact) mass is 137 g/mol. The number of benzene rings is 1. The molecule has 0 saturated carbocycles. The van der Waals surface area contributed by atoms with Crippen LogP contribution >= 0.6 is 0 Å². The molecule has 0 unspecified atom stereocenters. The number of rotatable bonds is 0. The summed E-state index contributed by atoms with van der Waals surface area (Å²) in [5.74, 6) is 0. The quantitative estimate of drug-likeness (QED) is 0.586. The van der Waals surface area contributed by atoms with E-state index in [2.05, 4.69) is 39.0 Å². The largest absolute Gasteiger partial charge is 0.344 e. The van der Waals surface area contributed by atoms with Gasteiger partial charge in [-0.3, -0.25) is 0 Å². The lowest BCUT2D eigenvalue weighted by Gasteiger charge is -2.00. The van der Waals surface area contributed by atoms with E-state index < -0.39 is 0 Å². The van der Waals surface area contributed by atoms with E-state index in [9.17, 15) is 0 Å². The van der Waals surface area contributed by atoms with Gasteiger partial charge in [0.25, 0.3) is 0 Å². The van der Waals surface area contributed by atoms with Crippen LogP contribution in [0.15, 0.2) is 18.2 Å². The maximum absolute atomic E-state index is 2.16. The normalized spacial score (nSPS) is 8.70. The van der Waals surface area contributed by atoms with E-state index >= 15 is 0 Å². The Morgan fingerprint density at radius 1 is 0.900 bits per heavy atom. The van der Waals surface area contributed by atoms with Crippen molar-refractivity contribution in [2.45, 2.75) is 20.8 Å². The average molecular weight is 137 g/mol. The minimum Gasteiger partial charge on any atom is -0.344 e. The van der Waals surface area contributed by atoms with Gasteiger partial charge in [-0.05, 0) is 37.5 Å². The van der Waals surface area contributed by atoms with Crippen LogP contribution in [0.1, 0.15) is 16.7 Å². The third kappa shape index (κ3) is 1.58. The summed E-state index contributed by atoms with van der Waals surface area (Å²) in [5, 5.41) is 0. The van der Waals surface area contributed by atoms with Crippen LogP contribution in [0, 0.1) is 20.8 Å². The van der Waals surface area contributed by atoms with Gasteiger partial charge in [-0.25, -0.2) is 0 Å². The number of hydrogen-bond acceptors (Lipinski definition) is 1. The molecule has 0 bridgehead atoms. The third-order valence-electron chi connectivity index (χ3n) is 1.88. The lowest BCUT2D eigenvalue weighted by Crippen LogP contribution is -1.82. The molecular formula is C9H15N. The van der Waals surface area contributed by atoms with E-state index in [-0.39, 0.29) is 6.15 Å². The highest BCUT2D eigenvalue weighted by Crippen LogP contribution is 2.09. The number of aryl methyl sites for hydroxylation is 2. The predicted octanol–water partition coefficient (Wildman–Crippen LogP) is 2.77. The first-order valence-electron chi connectivity index (χ1n) is 3.24. The minimum absolute atomic E-state index is 0. The zero-order chi connectivity index (χ0) is 6.85. The van der Waals surface area contributed by atoms with E-state index in [1.54, 1.807) is 0 Å². The summed E-state index contributed by atoms with van der Waals surface area (Å²) in [6.45, 7) is 6.44. The molecule has 1 aromatic rings. The lowest BCUT2D eigenvalue weighted by molar-refractivity contribution is 1.27. The van der Waals surface area contributed by atoms with Gasteiger partial charge in [0.15, 0.2) is 0 Å². The lowest BCUT2D eigenvalue weighted by atomic mass is 10.1. The molecule has 1 rings (SSSR count). The van der Waals surface area contributed by atoms with E-state index in [0.717, 1.165) is 0 Å². The van der Waals surface area contributed by atoms with Crippen molar-refractivity contribution in [2.24, 2.45) is 0 Å². The summed E-state index contributed by atoms with van der Waals surface area (Å²) in [6.07, 6.45) is 0. The summed E-state index contributed by atoms with van der Waals surface area (Å²) in [5.41, 5.74) is 4.18. The highest BCUT2D eigenvalue weighted by atomic mass is 14.0. The van der Waals surface area contributed by atoms with Gasteiger partial charge in [0.05, 0.1) is 0 Å². The van der Waals surface area contributed by atoms with Crippen LogP contribution in [0.25, 0.3) is 0 Å². The van der Waals surface area contributed by atoms with Crippen molar-refractivity contribution in [1.29, 1.82) is 0 Å². The maximum atomic E-state index is 2.16. The highest BCUT2D eigenvalue weighted by molar-refractivity contribution is 5.31. The van der Waals surface area contributed by atoms with Crippen molar-refractivity contribution < 1.29 is 0 Å². The van der Waals surface area contributed by atoms with Crippen LogP contribution in [0.5, 0.6) is 0 Å². The molecular weight excluding hydrogens is 122 g/mol. The molecule has 0 radical (unpaired) electrons. The summed E-state index contributed by atoms with van der Waals surface area (Å²) in [7, 11) is 0. The van der Waals surface area contributed by atoms with Crippen LogP contribution in [-0.4, -0.2) is 0 Å². The first-order chi connectivity index (χ1) is 4.22.